The minimum Gasteiger partial charge on any atom is -0.481 e. The summed E-state index contributed by atoms with van der Waals surface area (Å²) < 4.78 is 4.59. The van der Waals surface area contributed by atoms with Crippen LogP contribution in [0.25, 0.3) is 0 Å². The first-order chi connectivity index (χ1) is 5.91. The predicted octanol–water partition coefficient (Wildman–Crippen LogP) is 0.906. The first-order valence-electron chi connectivity index (χ1n) is 4.22. The Hall–Kier alpha value is -1.06. The maximum absolute atomic E-state index is 11.2. The van der Waals surface area contributed by atoms with E-state index in [0.29, 0.717) is 6.42 Å². The lowest BCUT2D eigenvalue weighted by atomic mass is 9.55. The molecule has 0 aliphatic heterocycles. The van der Waals surface area contributed by atoms with Crippen molar-refractivity contribution in [2.24, 2.45) is 17.3 Å². The number of carboxylic acids is 1. The minimum atomic E-state index is -0.829. The second-order valence-electron chi connectivity index (χ2n) is 4.02. The van der Waals surface area contributed by atoms with Crippen LogP contribution in [0.1, 0.15) is 20.3 Å². The van der Waals surface area contributed by atoms with Crippen LogP contribution >= 0.6 is 0 Å². The van der Waals surface area contributed by atoms with Gasteiger partial charge in [0.2, 0.25) is 0 Å². The fourth-order valence-electron chi connectivity index (χ4n) is 1.89. The lowest BCUT2D eigenvalue weighted by molar-refractivity contribution is -0.173. The van der Waals surface area contributed by atoms with Gasteiger partial charge in [0.05, 0.1) is 18.9 Å². The number of aliphatic carboxylic acids is 1. The summed E-state index contributed by atoms with van der Waals surface area (Å²) in [5.74, 6) is -1.82. The number of carbonyl (C=O) groups excluding carboxylic acids is 1. The van der Waals surface area contributed by atoms with Crippen LogP contribution < -0.4 is 0 Å². The molecule has 0 aromatic rings. The molecule has 1 saturated carbocycles. The van der Waals surface area contributed by atoms with Crippen molar-refractivity contribution in [1.29, 1.82) is 0 Å². The van der Waals surface area contributed by atoms with E-state index in [1.54, 1.807) is 13.8 Å². The average Bonchev–Trinajstić information content (AvgIpc) is 2.01. The van der Waals surface area contributed by atoms with E-state index in [1.165, 1.54) is 7.11 Å². The number of ether oxygens (including phenoxy) is 1. The Morgan fingerprint density at radius 2 is 1.92 bits per heavy atom. The Kier molecular flexibility index (Phi) is 2.32. The molecule has 4 heteroatoms. The predicted molar refractivity (Wildman–Crippen MR) is 45.0 cm³/mol. The van der Waals surface area contributed by atoms with Crippen molar-refractivity contribution in [1.82, 2.24) is 0 Å². The molecule has 1 N–H and O–H groups in total. The zero-order chi connectivity index (χ0) is 10.2. The van der Waals surface area contributed by atoms with E-state index in [4.69, 9.17) is 5.11 Å². The van der Waals surface area contributed by atoms with Gasteiger partial charge in [-0.25, -0.2) is 0 Å². The molecule has 0 unspecified atom stereocenters. The van der Waals surface area contributed by atoms with E-state index >= 15 is 0 Å². The molecule has 13 heavy (non-hydrogen) atoms. The van der Waals surface area contributed by atoms with Crippen LogP contribution in [0.2, 0.25) is 0 Å². The van der Waals surface area contributed by atoms with Gasteiger partial charge in [0.25, 0.3) is 0 Å². The zero-order valence-electron chi connectivity index (χ0n) is 8.03. The van der Waals surface area contributed by atoms with E-state index in [2.05, 4.69) is 4.74 Å². The Morgan fingerprint density at radius 3 is 2.23 bits per heavy atom. The Balaban J connectivity index is 2.69. The second kappa shape index (κ2) is 3.01. The van der Waals surface area contributed by atoms with Crippen LogP contribution in [0, 0.1) is 17.3 Å². The molecule has 1 aliphatic carbocycles. The van der Waals surface area contributed by atoms with Gasteiger partial charge in [-0.15, -0.1) is 0 Å². The molecule has 1 rings (SSSR count). The molecule has 0 radical (unpaired) electrons. The first kappa shape index (κ1) is 10.0. The Labute approximate surface area is 76.9 Å². The van der Waals surface area contributed by atoms with E-state index in [0.717, 1.165) is 0 Å². The lowest BCUT2D eigenvalue weighted by Gasteiger charge is -2.47. The molecular weight excluding hydrogens is 172 g/mol. The Bertz CT molecular complexity index is 244. The topological polar surface area (TPSA) is 63.6 Å². The average molecular weight is 186 g/mol. The van der Waals surface area contributed by atoms with Crippen molar-refractivity contribution in [2.45, 2.75) is 20.3 Å². The molecule has 0 amide bonds. The number of hydrogen-bond acceptors (Lipinski definition) is 3. The van der Waals surface area contributed by atoms with E-state index in [9.17, 15) is 9.59 Å². The first-order valence-corrected chi connectivity index (χ1v) is 4.22. The summed E-state index contributed by atoms with van der Waals surface area (Å²) in [4.78, 5) is 21.9. The molecule has 0 saturated heterocycles. The molecule has 2 atom stereocenters. The third-order valence-electron chi connectivity index (χ3n) is 3.05. The molecule has 0 aromatic heterocycles. The summed E-state index contributed by atoms with van der Waals surface area (Å²) in [6.07, 6.45) is 0.398. The van der Waals surface area contributed by atoms with Crippen molar-refractivity contribution in [3.8, 4) is 0 Å². The molecule has 0 spiro atoms. The van der Waals surface area contributed by atoms with Crippen molar-refractivity contribution >= 4 is 11.9 Å². The van der Waals surface area contributed by atoms with E-state index in [1.807, 2.05) is 0 Å². The maximum Gasteiger partial charge on any atom is 0.309 e. The highest BCUT2D eigenvalue weighted by atomic mass is 16.5. The number of carbonyl (C=O) groups is 2. The fourth-order valence-corrected chi connectivity index (χ4v) is 1.89. The second-order valence-corrected chi connectivity index (χ2v) is 4.02. The number of carboxylic acid groups (broad SMARTS) is 1. The van der Waals surface area contributed by atoms with Gasteiger partial charge >= 0.3 is 11.9 Å². The van der Waals surface area contributed by atoms with Gasteiger partial charge in [0.1, 0.15) is 0 Å². The number of esters is 1. The Morgan fingerprint density at radius 1 is 1.38 bits per heavy atom. The highest BCUT2D eigenvalue weighted by Gasteiger charge is 2.55. The lowest BCUT2D eigenvalue weighted by Crippen LogP contribution is -2.52. The quantitative estimate of drug-likeness (QED) is 0.651. The fraction of sp³-hybridized carbons (Fsp3) is 0.778. The van der Waals surface area contributed by atoms with Gasteiger partial charge in [-0.05, 0) is 11.8 Å². The van der Waals surface area contributed by atoms with Crippen LogP contribution in [-0.2, 0) is 14.3 Å². The summed E-state index contributed by atoms with van der Waals surface area (Å²) in [6, 6.07) is 0. The summed E-state index contributed by atoms with van der Waals surface area (Å²) in [7, 11) is 1.33. The highest BCUT2D eigenvalue weighted by Crippen LogP contribution is 2.51. The molecule has 1 fully saturated rings. The van der Waals surface area contributed by atoms with Crippen LogP contribution in [0.5, 0.6) is 0 Å². The van der Waals surface area contributed by atoms with Crippen molar-refractivity contribution in [3.05, 3.63) is 0 Å². The standard InChI is InChI=1S/C9H14O4/c1-9(2)5(7(10)11)4-6(9)8(12)13-3/h5-6H,4H2,1-3H3,(H,10,11)/t5-,6+/m1/s1. The van der Waals surface area contributed by atoms with Gasteiger partial charge < -0.3 is 9.84 Å². The van der Waals surface area contributed by atoms with Gasteiger partial charge in [-0.1, -0.05) is 13.8 Å². The van der Waals surface area contributed by atoms with Crippen LogP contribution in [-0.4, -0.2) is 24.2 Å². The van der Waals surface area contributed by atoms with Gasteiger partial charge in [-0.2, -0.15) is 0 Å². The highest BCUT2D eigenvalue weighted by molar-refractivity contribution is 5.80. The maximum atomic E-state index is 11.2. The van der Waals surface area contributed by atoms with Gasteiger partial charge in [0, 0.05) is 0 Å². The van der Waals surface area contributed by atoms with E-state index in [-0.39, 0.29) is 11.9 Å². The summed E-state index contributed by atoms with van der Waals surface area (Å²) in [5, 5.41) is 8.79. The smallest absolute Gasteiger partial charge is 0.309 e. The third-order valence-corrected chi connectivity index (χ3v) is 3.05. The van der Waals surface area contributed by atoms with Crippen molar-refractivity contribution in [3.63, 3.8) is 0 Å². The van der Waals surface area contributed by atoms with Crippen LogP contribution in [0.3, 0.4) is 0 Å². The van der Waals surface area contributed by atoms with E-state index < -0.39 is 17.3 Å². The van der Waals surface area contributed by atoms with Crippen molar-refractivity contribution in [2.75, 3.05) is 7.11 Å². The molecule has 1 aliphatic rings. The number of rotatable bonds is 2. The van der Waals surface area contributed by atoms with Gasteiger partial charge in [0.15, 0.2) is 0 Å². The molecule has 0 aromatic carbocycles. The van der Waals surface area contributed by atoms with Gasteiger partial charge in [-0.3, -0.25) is 9.59 Å². The largest absolute Gasteiger partial charge is 0.481 e. The molecule has 74 valence electrons. The zero-order valence-corrected chi connectivity index (χ0v) is 8.03. The minimum absolute atomic E-state index is 0.265. The SMILES string of the molecule is COC(=O)[C@@H]1C[C@H](C(=O)O)C1(C)C. The normalized spacial score (nSPS) is 30.4. The van der Waals surface area contributed by atoms with Crippen LogP contribution in [0.4, 0.5) is 0 Å². The third kappa shape index (κ3) is 1.41. The summed E-state index contributed by atoms with van der Waals surface area (Å²) >= 11 is 0. The van der Waals surface area contributed by atoms with Crippen LogP contribution in [0.15, 0.2) is 0 Å². The molecule has 0 heterocycles. The summed E-state index contributed by atoms with van der Waals surface area (Å²) in [5.41, 5.74) is -0.473. The number of hydrogen-bond donors (Lipinski definition) is 1. The molecule has 4 nitrogen and oxygen atoms in total. The molecular formula is C9H14O4. The number of methoxy groups -OCH3 is 1. The van der Waals surface area contributed by atoms with Crippen molar-refractivity contribution < 1.29 is 19.4 Å². The monoisotopic (exact) mass is 186 g/mol. The molecule has 0 bridgehead atoms. The summed E-state index contributed by atoms with van der Waals surface area (Å²) in [6.45, 7) is 3.58.